The summed E-state index contributed by atoms with van der Waals surface area (Å²) in [6, 6.07) is 10.9. The highest BCUT2D eigenvalue weighted by Crippen LogP contribution is 2.28. The standard InChI is InChI=1S/C16H17BrN2/c1-19(16-9-7-14(17)11-18-16)15-8-6-12-4-2-3-5-13(12)10-15/h6-11H,2-5H2,1H3. The molecule has 1 aromatic heterocycles. The Hall–Kier alpha value is -1.35. The molecule has 0 amide bonds. The molecule has 2 nitrogen and oxygen atoms in total. The number of hydrogen-bond acceptors (Lipinski definition) is 2. The van der Waals surface area contributed by atoms with Gasteiger partial charge < -0.3 is 4.90 Å². The van der Waals surface area contributed by atoms with Gasteiger partial charge in [0.15, 0.2) is 0 Å². The first-order valence-corrected chi connectivity index (χ1v) is 7.50. The predicted molar refractivity (Wildman–Crippen MR) is 83.1 cm³/mol. The van der Waals surface area contributed by atoms with Gasteiger partial charge in [0.2, 0.25) is 0 Å². The van der Waals surface area contributed by atoms with Crippen molar-refractivity contribution in [1.82, 2.24) is 4.98 Å². The zero-order valence-electron chi connectivity index (χ0n) is 11.1. The maximum atomic E-state index is 4.45. The van der Waals surface area contributed by atoms with E-state index in [9.17, 15) is 0 Å². The molecule has 0 atom stereocenters. The summed E-state index contributed by atoms with van der Waals surface area (Å²) < 4.78 is 1.01. The number of anilines is 2. The third kappa shape index (κ3) is 2.66. The summed E-state index contributed by atoms with van der Waals surface area (Å²) in [5.74, 6) is 0.971. The Morgan fingerprint density at radius 1 is 1.05 bits per heavy atom. The summed E-state index contributed by atoms with van der Waals surface area (Å²) in [5, 5.41) is 0. The molecule has 0 N–H and O–H groups in total. The number of pyridine rings is 1. The average Bonchev–Trinajstić information content (AvgIpc) is 2.47. The van der Waals surface area contributed by atoms with Crippen molar-refractivity contribution in [2.45, 2.75) is 25.7 Å². The fourth-order valence-corrected chi connectivity index (χ4v) is 2.86. The Morgan fingerprint density at radius 2 is 1.84 bits per heavy atom. The molecular formula is C16H17BrN2. The Bertz CT molecular complexity index is 578. The highest BCUT2D eigenvalue weighted by atomic mass is 79.9. The first-order valence-electron chi connectivity index (χ1n) is 6.71. The molecule has 98 valence electrons. The van der Waals surface area contributed by atoms with E-state index in [0.717, 1.165) is 10.3 Å². The highest BCUT2D eigenvalue weighted by Gasteiger charge is 2.12. The monoisotopic (exact) mass is 316 g/mol. The molecular weight excluding hydrogens is 300 g/mol. The molecule has 2 aromatic rings. The lowest BCUT2D eigenvalue weighted by Crippen LogP contribution is -2.12. The Kier molecular flexibility index (Phi) is 3.56. The second kappa shape index (κ2) is 5.33. The molecule has 0 saturated carbocycles. The first kappa shape index (κ1) is 12.7. The van der Waals surface area contributed by atoms with Gasteiger partial charge in [0.1, 0.15) is 5.82 Å². The fourth-order valence-electron chi connectivity index (χ4n) is 2.63. The van der Waals surface area contributed by atoms with Crippen LogP contribution in [-0.4, -0.2) is 12.0 Å². The van der Waals surface area contributed by atoms with Crippen molar-refractivity contribution in [3.8, 4) is 0 Å². The molecule has 1 heterocycles. The van der Waals surface area contributed by atoms with Crippen LogP contribution in [0.1, 0.15) is 24.0 Å². The van der Waals surface area contributed by atoms with Gasteiger partial charge in [0, 0.05) is 23.4 Å². The summed E-state index contributed by atoms with van der Waals surface area (Å²) in [6.07, 6.45) is 6.93. The number of hydrogen-bond donors (Lipinski definition) is 0. The van der Waals surface area contributed by atoms with E-state index in [-0.39, 0.29) is 0 Å². The number of benzene rings is 1. The van der Waals surface area contributed by atoms with Crippen LogP contribution in [0, 0.1) is 0 Å². The fraction of sp³-hybridized carbons (Fsp3) is 0.312. The minimum atomic E-state index is 0.971. The van der Waals surface area contributed by atoms with Gasteiger partial charge >= 0.3 is 0 Å². The Balaban J connectivity index is 1.91. The number of halogens is 1. The van der Waals surface area contributed by atoms with Gasteiger partial charge in [-0.3, -0.25) is 0 Å². The molecule has 1 aliphatic rings. The van der Waals surface area contributed by atoms with Gasteiger partial charge in [-0.1, -0.05) is 6.07 Å². The first-order chi connectivity index (χ1) is 9.24. The molecule has 3 heteroatoms. The molecule has 0 fully saturated rings. The van der Waals surface area contributed by atoms with Crippen LogP contribution in [0.3, 0.4) is 0 Å². The van der Waals surface area contributed by atoms with Crippen LogP contribution < -0.4 is 4.90 Å². The maximum Gasteiger partial charge on any atom is 0.132 e. The molecule has 0 spiro atoms. The van der Waals surface area contributed by atoms with Gasteiger partial charge in [-0.25, -0.2) is 4.98 Å². The van der Waals surface area contributed by atoms with E-state index in [0.29, 0.717) is 0 Å². The average molecular weight is 317 g/mol. The van der Waals surface area contributed by atoms with Gasteiger partial charge in [0.05, 0.1) is 0 Å². The lowest BCUT2D eigenvalue weighted by atomic mass is 9.91. The van der Waals surface area contributed by atoms with Gasteiger partial charge in [-0.2, -0.15) is 0 Å². The minimum absolute atomic E-state index is 0.971. The van der Waals surface area contributed by atoms with E-state index in [4.69, 9.17) is 0 Å². The molecule has 1 aliphatic carbocycles. The second-order valence-electron chi connectivity index (χ2n) is 5.05. The number of rotatable bonds is 2. The van der Waals surface area contributed by atoms with Gasteiger partial charge in [-0.15, -0.1) is 0 Å². The van der Waals surface area contributed by atoms with Crippen LogP contribution in [0.25, 0.3) is 0 Å². The number of aromatic nitrogens is 1. The van der Waals surface area contributed by atoms with E-state index in [2.05, 4.69) is 51.1 Å². The third-order valence-corrected chi connectivity index (χ3v) is 4.24. The summed E-state index contributed by atoms with van der Waals surface area (Å²) in [7, 11) is 2.07. The van der Waals surface area contributed by atoms with Crippen molar-refractivity contribution in [2.24, 2.45) is 0 Å². The summed E-state index contributed by atoms with van der Waals surface area (Å²) >= 11 is 3.42. The largest absolute Gasteiger partial charge is 0.329 e. The highest BCUT2D eigenvalue weighted by molar-refractivity contribution is 9.10. The van der Waals surface area contributed by atoms with Gasteiger partial charge in [-0.05, 0) is 77.0 Å². The van der Waals surface area contributed by atoms with Crippen molar-refractivity contribution in [2.75, 3.05) is 11.9 Å². The van der Waals surface area contributed by atoms with Crippen molar-refractivity contribution in [3.63, 3.8) is 0 Å². The molecule has 0 bridgehead atoms. The van der Waals surface area contributed by atoms with Crippen LogP contribution in [0.2, 0.25) is 0 Å². The summed E-state index contributed by atoms with van der Waals surface area (Å²) in [4.78, 5) is 6.59. The molecule has 0 unspecified atom stereocenters. The smallest absolute Gasteiger partial charge is 0.132 e. The van der Waals surface area contributed by atoms with Gasteiger partial charge in [0.25, 0.3) is 0 Å². The molecule has 3 rings (SSSR count). The lowest BCUT2D eigenvalue weighted by Gasteiger charge is -2.22. The lowest BCUT2D eigenvalue weighted by molar-refractivity contribution is 0.685. The number of nitrogens with zero attached hydrogens (tertiary/aromatic N) is 2. The summed E-state index contributed by atoms with van der Waals surface area (Å²) in [5.41, 5.74) is 4.25. The molecule has 0 radical (unpaired) electrons. The summed E-state index contributed by atoms with van der Waals surface area (Å²) in [6.45, 7) is 0. The topological polar surface area (TPSA) is 16.1 Å². The van der Waals surface area contributed by atoms with Crippen molar-refractivity contribution >= 4 is 27.4 Å². The van der Waals surface area contributed by atoms with Crippen molar-refractivity contribution in [1.29, 1.82) is 0 Å². The van der Waals surface area contributed by atoms with Crippen LogP contribution >= 0.6 is 15.9 Å². The maximum absolute atomic E-state index is 4.45. The van der Waals surface area contributed by atoms with E-state index in [1.54, 1.807) is 0 Å². The van der Waals surface area contributed by atoms with Crippen LogP contribution in [0.15, 0.2) is 41.0 Å². The van der Waals surface area contributed by atoms with E-state index < -0.39 is 0 Å². The second-order valence-corrected chi connectivity index (χ2v) is 5.97. The van der Waals surface area contributed by atoms with E-state index in [1.807, 2.05) is 18.3 Å². The number of fused-ring (bicyclic) bond motifs is 1. The normalized spacial score (nSPS) is 14.0. The van der Waals surface area contributed by atoms with Crippen LogP contribution in [0.4, 0.5) is 11.5 Å². The molecule has 1 aromatic carbocycles. The zero-order chi connectivity index (χ0) is 13.2. The molecule has 0 aliphatic heterocycles. The van der Waals surface area contributed by atoms with Crippen molar-refractivity contribution < 1.29 is 0 Å². The zero-order valence-corrected chi connectivity index (χ0v) is 12.7. The Labute approximate surface area is 122 Å². The predicted octanol–water partition coefficient (Wildman–Crippen LogP) is 4.49. The van der Waals surface area contributed by atoms with Crippen molar-refractivity contribution in [3.05, 3.63) is 52.1 Å². The number of aryl methyl sites for hydroxylation is 2. The third-order valence-electron chi connectivity index (χ3n) is 3.77. The van der Waals surface area contributed by atoms with E-state index in [1.165, 1.54) is 42.5 Å². The SMILES string of the molecule is CN(c1ccc2c(c1)CCCC2)c1ccc(Br)cn1. The van der Waals surface area contributed by atoms with E-state index >= 15 is 0 Å². The minimum Gasteiger partial charge on any atom is -0.329 e. The molecule has 19 heavy (non-hydrogen) atoms. The van der Waals surface area contributed by atoms with Crippen LogP contribution in [-0.2, 0) is 12.8 Å². The quantitative estimate of drug-likeness (QED) is 0.811. The Morgan fingerprint density at radius 3 is 2.58 bits per heavy atom. The van der Waals surface area contributed by atoms with Crippen LogP contribution in [0.5, 0.6) is 0 Å². The molecule has 0 saturated heterocycles.